The first-order valence-electron chi connectivity index (χ1n) is 15.2. The molecule has 224 valence electrons. The van der Waals surface area contributed by atoms with Crippen molar-refractivity contribution >= 4 is 10.9 Å². The number of aromatic amines is 1. The summed E-state index contributed by atoms with van der Waals surface area (Å²) in [6, 6.07) is 59.1. The molecule has 3 aromatic heterocycles. The highest BCUT2D eigenvalue weighted by atomic mass is 14.7. The molecular formula is C42H36N4. The summed E-state index contributed by atoms with van der Waals surface area (Å²) in [6.45, 7) is 0. The van der Waals surface area contributed by atoms with Gasteiger partial charge < -0.3 is 4.98 Å². The summed E-state index contributed by atoms with van der Waals surface area (Å²) in [5, 5.41) is 1.28. The molecule has 8 rings (SSSR count). The molecule has 4 nitrogen and oxygen atoms in total. The summed E-state index contributed by atoms with van der Waals surface area (Å²) in [4.78, 5) is 14.3. The second-order valence-electron chi connectivity index (χ2n) is 10.2. The Bertz CT molecular complexity index is 1630. The van der Waals surface area contributed by atoms with Crippen LogP contribution in [-0.2, 0) is 5.41 Å². The van der Waals surface area contributed by atoms with Crippen molar-refractivity contribution in [2.24, 2.45) is 0 Å². The van der Waals surface area contributed by atoms with Crippen LogP contribution >= 0.6 is 0 Å². The van der Waals surface area contributed by atoms with Crippen molar-refractivity contribution in [1.82, 2.24) is 19.9 Å². The zero-order valence-electron chi connectivity index (χ0n) is 25.5. The lowest BCUT2D eigenvalue weighted by molar-refractivity contribution is 0.745. The summed E-state index contributed by atoms with van der Waals surface area (Å²) in [5.74, 6) is 0. The lowest BCUT2D eigenvalue weighted by atomic mass is 9.65. The van der Waals surface area contributed by atoms with Gasteiger partial charge in [-0.15, -0.1) is 0 Å². The third-order valence-corrected chi connectivity index (χ3v) is 7.33. The average molecular weight is 597 g/mol. The molecule has 8 aromatic rings. The molecule has 0 fully saturated rings. The molecule has 0 aliphatic heterocycles. The predicted molar refractivity (Wildman–Crippen MR) is 189 cm³/mol. The first-order chi connectivity index (χ1) is 22.9. The van der Waals surface area contributed by atoms with Crippen molar-refractivity contribution in [3.8, 4) is 0 Å². The molecule has 0 aliphatic carbocycles. The Morgan fingerprint density at radius 3 is 1.00 bits per heavy atom. The van der Waals surface area contributed by atoms with Gasteiger partial charge in [0.05, 0.1) is 5.41 Å². The van der Waals surface area contributed by atoms with E-state index in [1.165, 1.54) is 33.2 Å². The van der Waals surface area contributed by atoms with Crippen LogP contribution in [0.25, 0.3) is 10.9 Å². The van der Waals surface area contributed by atoms with Crippen LogP contribution in [0.5, 0.6) is 0 Å². The molecule has 4 heteroatoms. The minimum Gasteiger partial charge on any atom is -0.361 e. The molecule has 0 saturated heterocycles. The molecular weight excluding hydrogens is 560 g/mol. The smallest absolute Gasteiger partial charge is 0.0701 e. The Morgan fingerprint density at radius 2 is 0.674 bits per heavy atom. The Morgan fingerprint density at radius 1 is 0.326 bits per heavy atom. The monoisotopic (exact) mass is 596 g/mol. The fraction of sp³-hybridized carbons (Fsp3) is 0.0238. The Kier molecular flexibility index (Phi) is 11.7. The molecule has 0 spiro atoms. The lowest BCUT2D eigenvalue weighted by Crippen LogP contribution is -2.30. The highest BCUT2D eigenvalue weighted by Crippen LogP contribution is 2.44. The summed E-state index contributed by atoms with van der Waals surface area (Å²) >= 11 is 0. The van der Waals surface area contributed by atoms with Gasteiger partial charge in [0.1, 0.15) is 0 Å². The number of nitrogens with one attached hydrogen (secondary N) is 1. The van der Waals surface area contributed by atoms with Crippen LogP contribution in [0.2, 0.25) is 0 Å². The zero-order valence-corrected chi connectivity index (χ0v) is 25.5. The highest BCUT2D eigenvalue weighted by Gasteiger charge is 2.37. The van der Waals surface area contributed by atoms with E-state index in [0.29, 0.717) is 0 Å². The van der Waals surface area contributed by atoms with E-state index in [2.05, 4.69) is 159 Å². The van der Waals surface area contributed by atoms with Gasteiger partial charge in [0.15, 0.2) is 0 Å². The number of fused-ring (bicyclic) bond motifs is 1. The van der Waals surface area contributed by atoms with E-state index >= 15 is 0 Å². The average Bonchev–Trinajstić information content (AvgIpc) is 3.65. The van der Waals surface area contributed by atoms with Crippen LogP contribution < -0.4 is 0 Å². The summed E-state index contributed by atoms with van der Waals surface area (Å²) in [5.41, 5.74) is 5.98. The molecule has 0 amide bonds. The maximum absolute atomic E-state index is 3.78. The van der Waals surface area contributed by atoms with Gasteiger partial charge >= 0.3 is 0 Å². The van der Waals surface area contributed by atoms with Gasteiger partial charge in [-0.3, -0.25) is 15.0 Å². The standard InChI is InChI=1S/C25H20.C8H7N.C5H5N.C4H4N2/c1-5-13-21(14-6-1)25(22-15-7-2-8-16-22,23-17-9-3-10-18-23)24-19-11-4-12-20-24;1-2-4-8-7(3-1)5-6-9-8;1-2-4-6-5-3-1;1-2-6-4-3-5-1/h1-20H;1-6,9H;1-5H;1-4H. The Balaban J connectivity index is 0.000000159. The number of rotatable bonds is 4. The number of hydrogen-bond acceptors (Lipinski definition) is 3. The Labute approximate surface area is 271 Å². The van der Waals surface area contributed by atoms with Crippen LogP contribution in [0.15, 0.2) is 213 Å². The van der Waals surface area contributed by atoms with E-state index in [9.17, 15) is 0 Å². The molecule has 1 N–H and O–H groups in total. The highest BCUT2D eigenvalue weighted by molar-refractivity contribution is 5.78. The largest absolute Gasteiger partial charge is 0.361 e. The number of benzene rings is 5. The summed E-state index contributed by atoms with van der Waals surface area (Å²) in [7, 11) is 0. The minimum atomic E-state index is -0.328. The van der Waals surface area contributed by atoms with Crippen molar-refractivity contribution in [3.63, 3.8) is 0 Å². The predicted octanol–water partition coefficient (Wildman–Crippen LogP) is 9.80. The van der Waals surface area contributed by atoms with Crippen LogP contribution in [0.4, 0.5) is 0 Å². The molecule has 0 atom stereocenters. The van der Waals surface area contributed by atoms with Crippen LogP contribution in [0.1, 0.15) is 22.3 Å². The summed E-state index contributed by atoms with van der Waals surface area (Å²) in [6.07, 6.45) is 12.0. The summed E-state index contributed by atoms with van der Waals surface area (Å²) < 4.78 is 0. The molecule has 0 saturated carbocycles. The molecule has 46 heavy (non-hydrogen) atoms. The fourth-order valence-corrected chi connectivity index (χ4v) is 5.31. The van der Waals surface area contributed by atoms with E-state index in [1.807, 2.05) is 36.5 Å². The zero-order chi connectivity index (χ0) is 31.5. The number of hydrogen-bond donors (Lipinski definition) is 1. The molecule has 5 aromatic carbocycles. The van der Waals surface area contributed by atoms with Gasteiger partial charge in [0.2, 0.25) is 0 Å². The lowest BCUT2D eigenvalue weighted by Gasteiger charge is -2.36. The third-order valence-electron chi connectivity index (χ3n) is 7.33. The van der Waals surface area contributed by atoms with Crippen molar-refractivity contribution in [2.45, 2.75) is 5.41 Å². The van der Waals surface area contributed by atoms with Crippen molar-refractivity contribution in [3.05, 3.63) is 235 Å². The third kappa shape index (κ3) is 8.28. The van der Waals surface area contributed by atoms with Crippen LogP contribution in [-0.4, -0.2) is 19.9 Å². The quantitative estimate of drug-likeness (QED) is 0.206. The van der Waals surface area contributed by atoms with Crippen molar-refractivity contribution < 1.29 is 0 Å². The molecule has 3 heterocycles. The van der Waals surface area contributed by atoms with E-state index in [0.717, 1.165) is 0 Å². The SMILES string of the molecule is c1ccc(C(c2ccccc2)(c2ccccc2)c2ccccc2)cc1.c1ccc2[nH]ccc2c1.c1ccncc1.c1cnccn1. The molecule has 0 unspecified atom stereocenters. The van der Waals surface area contributed by atoms with Crippen LogP contribution in [0.3, 0.4) is 0 Å². The topological polar surface area (TPSA) is 54.5 Å². The van der Waals surface area contributed by atoms with Gasteiger partial charge in [-0.2, -0.15) is 0 Å². The van der Waals surface area contributed by atoms with E-state index in [4.69, 9.17) is 0 Å². The van der Waals surface area contributed by atoms with Gasteiger partial charge in [0, 0.05) is 48.9 Å². The van der Waals surface area contributed by atoms with Crippen molar-refractivity contribution in [1.29, 1.82) is 0 Å². The van der Waals surface area contributed by atoms with Crippen LogP contribution in [0, 0.1) is 0 Å². The maximum atomic E-state index is 3.78. The second kappa shape index (κ2) is 17.2. The molecule has 0 aliphatic rings. The number of pyridine rings is 1. The first-order valence-corrected chi connectivity index (χ1v) is 15.2. The van der Waals surface area contributed by atoms with Gasteiger partial charge in [-0.25, -0.2) is 0 Å². The van der Waals surface area contributed by atoms with Gasteiger partial charge in [0.25, 0.3) is 0 Å². The normalized spacial score (nSPS) is 10.2. The number of para-hydroxylation sites is 1. The maximum Gasteiger partial charge on any atom is 0.0701 e. The second-order valence-corrected chi connectivity index (χ2v) is 10.2. The van der Waals surface area contributed by atoms with Gasteiger partial charge in [-0.05, 0) is 51.9 Å². The Hall–Kier alpha value is -6.13. The van der Waals surface area contributed by atoms with Crippen molar-refractivity contribution in [2.75, 3.05) is 0 Å². The molecule has 0 radical (unpaired) electrons. The number of aromatic nitrogens is 4. The number of H-pyrrole nitrogens is 1. The molecule has 0 bridgehead atoms. The minimum absolute atomic E-state index is 0.328. The van der Waals surface area contributed by atoms with E-state index < -0.39 is 0 Å². The fourth-order valence-electron chi connectivity index (χ4n) is 5.31. The first kappa shape index (κ1) is 31.3. The number of nitrogens with zero attached hydrogens (tertiary/aromatic N) is 3. The van der Waals surface area contributed by atoms with Gasteiger partial charge in [-0.1, -0.05) is 146 Å². The van der Waals surface area contributed by atoms with E-state index in [1.54, 1.807) is 37.2 Å². The van der Waals surface area contributed by atoms with E-state index in [-0.39, 0.29) is 5.41 Å².